The minimum absolute atomic E-state index is 0.134. The number of amides is 2. The van der Waals surface area contributed by atoms with Crippen LogP contribution in [0.3, 0.4) is 0 Å². The molecule has 0 radical (unpaired) electrons. The van der Waals surface area contributed by atoms with Gasteiger partial charge in [0.25, 0.3) is 0 Å². The van der Waals surface area contributed by atoms with Gasteiger partial charge in [-0.15, -0.1) is 11.3 Å². The van der Waals surface area contributed by atoms with E-state index in [1.807, 2.05) is 5.38 Å². The Morgan fingerprint density at radius 3 is 2.61 bits per heavy atom. The maximum Gasteiger partial charge on any atom is 0.244 e. The molecule has 1 aromatic heterocycles. The molecule has 7 heteroatoms. The highest BCUT2D eigenvalue weighted by Gasteiger charge is 2.03. The predicted octanol–water partition coefficient (Wildman–Crippen LogP) is 2.21. The van der Waals surface area contributed by atoms with E-state index in [0.29, 0.717) is 18.8 Å². The third-order valence-electron chi connectivity index (χ3n) is 2.82. The van der Waals surface area contributed by atoms with Crippen LogP contribution in [0.5, 0.6) is 0 Å². The molecule has 0 aliphatic carbocycles. The standard InChI is InChI=1S/C16H16FN3O2S/c1-11(21)18-8-9-19-15(22)7-6-14-10-23-16(20-14)12-2-4-13(17)5-3-12/h2-7,10H,8-9H2,1H3,(H,18,21)(H,19,22)/b7-6+. The van der Waals surface area contributed by atoms with Gasteiger partial charge < -0.3 is 10.6 Å². The van der Waals surface area contributed by atoms with Crippen LogP contribution in [0, 0.1) is 5.82 Å². The molecule has 2 aromatic rings. The van der Waals surface area contributed by atoms with Gasteiger partial charge in [-0.05, 0) is 30.3 Å². The van der Waals surface area contributed by atoms with Crippen LogP contribution >= 0.6 is 11.3 Å². The van der Waals surface area contributed by atoms with Crippen molar-refractivity contribution in [2.45, 2.75) is 6.92 Å². The monoisotopic (exact) mass is 333 g/mol. The van der Waals surface area contributed by atoms with Gasteiger partial charge in [0.15, 0.2) is 0 Å². The van der Waals surface area contributed by atoms with E-state index in [9.17, 15) is 14.0 Å². The second kappa shape index (κ2) is 8.19. The van der Waals surface area contributed by atoms with E-state index in [1.54, 1.807) is 18.2 Å². The molecular formula is C16H16FN3O2S. The lowest BCUT2D eigenvalue weighted by atomic mass is 10.2. The summed E-state index contributed by atoms with van der Waals surface area (Å²) in [5.41, 5.74) is 1.49. The number of carbonyl (C=O) groups is 2. The van der Waals surface area contributed by atoms with Crippen LogP contribution < -0.4 is 10.6 Å². The van der Waals surface area contributed by atoms with Gasteiger partial charge in [-0.1, -0.05) is 0 Å². The summed E-state index contributed by atoms with van der Waals surface area (Å²) in [6.45, 7) is 2.17. The van der Waals surface area contributed by atoms with Crippen LogP contribution in [0.1, 0.15) is 12.6 Å². The van der Waals surface area contributed by atoms with Crippen molar-refractivity contribution < 1.29 is 14.0 Å². The highest BCUT2D eigenvalue weighted by atomic mass is 32.1. The average Bonchev–Trinajstić information content (AvgIpc) is 2.99. The lowest BCUT2D eigenvalue weighted by molar-refractivity contribution is -0.119. The summed E-state index contributed by atoms with van der Waals surface area (Å²) in [6.07, 6.45) is 2.99. The van der Waals surface area contributed by atoms with E-state index in [1.165, 1.54) is 36.5 Å². The van der Waals surface area contributed by atoms with Crippen molar-refractivity contribution in [1.29, 1.82) is 0 Å². The van der Waals surface area contributed by atoms with Crippen molar-refractivity contribution >= 4 is 29.2 Å². The molecule has 0 bridgehead atoms. The second-order valence-corrected chi connectivity index (χ2v) is 5.55. The molecule has 0 aliphatic rings. The summed E-state index contributed by atoms with van der Waals surface area (Å²) >= 11 is 1.42. The molecule has 0 saturated carbocycles. The van der Waals surface area contributed by atoms with Crippen LogP contribution in [0.25, 0.3) is 16.6 Å². The van der Waals surface area contributed by atoms with Crippen LogP contribution in [-0.2, 0) is 9.59 Å². The number of hydrogen-bond acceptors (Lipinski definition) is 4. The smallest absolute Gasteiger partial charge is 0.244 e. The van der Waals surface area contributed by atoms with Gasteiger partial charge in [0.05, 0.1) is 5.69 Å². The zero-order chi connectivity index (χ0) is 16.7. The normalized spacial score (nSPS) is 10.7. The van der Waals surface area contributed by atoms with Crippen molar-refractivity contribution in [3.05, 3.63) is 47.2 Å². The minimum Gasteiger partial charge on any atom is -0.355 e. The van der Waals surface area contributed by atoms with Crippen LogP contribution in [0.4, 0.5) is 4.39 Å². The highest BCUT2D eigenvalue weighted by molar-refractivity contribution is 7.13. The third-order valence-corrected chi connectivity index (χ3v) is 3.73. The summed E-state index contributed by atoms with van der Waals surface area (Å²) in [4.78, 5) is 26.6. The third kappa shape index (κ3) is 5.63. The van der Waals surface area contributed by atoms with E-state index in [0.717, 1.165) is 10.6 Å². The van der Waals surface area contributed by atoms with Crippen molar-refractivity contribution in [2.24, 2.45) is 0 Å². The molecule has 0 atom stereocenters. The van der Waals surface area contributed by atoms with Crippen LogP contribution in [-0.4, -0.2) is 29.9 Å². The molecule has 2 rings (SSSR count). The summed E-state index contributed by atoms with van der Waals surface area (Å²) in [6, 6.07) is 6.09. The molecule has 0 spiro atoms. The molecule has 1 heterocycles. The lowest BCUT2D eigenvalue weighted by Crippen LogP contribution is -2.32. The number of benzene rings is 1. The Hall–Kier alpha value is -2.54. The fraction of sp³-hybridized carbons (Fsp3) is 0.188. The van der Waals surface area contributed by atoms with Gasteiger partial charge in [0.2, 0.25) is 11.8 Å². The molecule has 0 fully saturated rings. The van der Waals surface area contributed by atoms with Gasteiger partial charge in [0, 0.05) is 37.0 Å². The number of carbonyl (C=O) groups excluding carboxylic acids is 2. The zero-order valence-electron chi connectivity index (χ0n) is 12.5. The highest BCUT2D eigenvalue weighted by Crippen LogP contribution is 2.24. The second-order valence-electron chi connectivity index (χ2n) is 4.69. The quantitative estimate of drug-likeness (QED) is 0.629. The topological polar surface area (TPSA) is 71.1 Å². The van der Waals surface area contributed by atoms with Crippen LogP contribution in [0.2, 0.25) is 0 Å². The van der Waals surface area contributed by atoms with Gasteiger partial charge in [-0.3, -0.25) is 9.59 Å². The summed E-state index contributed by atoms with van der Waals surface area (Å²) in [5, 5.41) is 7.81. The lowest BCUT2D eigenvalue weighted by Gasteiger charge is -2.02. The molecule has 2 amide bonds. The molecule has 120 valence electrons. The zero-order valence-corrected chi connectivity index (χ0v) is 13.3. The minimum atomic E-state index is -0.290. The Morgan fingerprint density at radius 2 is 1.91 bits per heavy atom. The molecular weight excluding hydrogens is 317 g/mol. The van der Waals surface area contributed by atoms with Gasteiger partial charge >= 0.3 is 0 Å². The van der Waals surface area contributed by atoms with Crippen molar-refractivity contribution in [3.63, 3.8) is 0 Å². The molecule has 23 heavy (non-hydrogen) atoms. The number of hydrogen-bond donors (Lipinski definition) is 2. The number of thiazole rings is 1. The van der Waals surface area contributed by atoms with Crippen molar-refractivity contribution in [3.8, 4) is 10.6 Å². The Kier molecular flexibility index (Phi) is 5.99. The first-order valence-electron chi connectivity index (χ1n) is 6.96. The molecule has 5 nitrogen and oxygen atoms in total. The summed E-state index contributed by atoms with van der Waals surface area (Å²) < 4.78 is 12.9. The maximum atomic E-state index is 12.9. The summed E-state index contributed by atoms with van der Waals surface area (Å²) in [7, 11) is 0. The molecule has 2 N–H and O–H groups in total. The number of nitrogens with one attached hydrogen (secondary N) is 2. The molecule has 0 unspecified atom stereocenters. The first-order chi connectivity index (χ1) is 11.0. The number of rotatable bonds is 6. The maximum absolute atomic E-state index is 12.9. The largest absolute Gasteiger partial charge is 0.355 e. The first-order valence-corrected chi connectivity index (χ1v) is 7.84. The molecule has 0 saturated heterocycles. The van der Waals surface area contributed by atoms with Gasteiger partial charge in [-0.2, -0.15) is 0 Å². The number of aromatic nitrogens is 1. The average molecular weight is 333 g/mol. The number of nitrogens with zero attached hydrogens (tertiary/aromatic N) is 1. The molecule has 0 aliphatic heterocycles. The Bertz CT molecular complexity index is 710. The van der Waals surface area contributed by atoms with Gasteiger partial charge in [0.1, 0.15) is 10.8 Å². The predicted molar refractivity (Wildman–Crippen MR) is 88.2 cm³/mol. The van der Waals surface area contributed by atoms with Crippen molar-refractivity contribution in [1.82, 2.24) is 15.6 Å². The number of halogens is 1. The van der Waals surface area contributed by atoms with E-state index >= 15 is 0 Å². The fourth-order valence-electron chi connectivity index (χ4n) is 1.73. The van der Waals surface area contributed by atoms with E-state index in [4.69, 9.17) is 0 Å². The van der Waals surface area contributed by atoms with E-state index in [-0.39, 0.29) is 17.6 Å². The van der Waals surface area contributed by atoms with Crippen molar-refractivity contribution in [2.75, 3.05) is 13.1 Å². The SMILES string of the molecule is CC(=O)NCCNC(=O)/C=C/c1csc(-c2ccc(F)cc2)n1. The Labute approximate surface area is 137 Å². The van der Waals surface area contributed by atoms with Gasteiger partial charge in [-0.25, -0.2) is 9.37 Å². The Balaban J connectivity index is 1.87. The first kappa shape index (κ1) is 16.8. The van der Waals surface area contributed by atoms with Crippen LogP contribution in [0.15, 0.2) is 35.7 Å². The Morgan fingerprint density at radius 1 is 1.22 bits per heavy atom. The van der Waals surface area contributed by atoms with E-state index < -0.39 is 0 Å². The molecule has 1 aromatic carbocycles. The summed E-state index contributed by atoms with van der Waals surface area (Å²) in [5.74, 6) is -0.682. The van der Waals surface area contributed by atoms with E-state index in [2.05, 4.69) is 15.6 Å². The fourth-order valence-corrected chi connectivity index (χ4v) is 2.53.